The third-order valence-electron chi connectivity index (χ3n) is 2.82. The van der Waals surface area contributed by atoms with Crippen molar-refractivity contribution in [3.05, 3.63) is 52.6 Å². The highest BCUT2D eigenvalue weighted by Gasteiger charge is 2.20. The predicted molar refractivity (Wildman–Crippen MR) is 79.6 cm³/mol. The van der Waals surface area contributed by atoms with Crippen molar-refractivity contribution in [3.8, 4) is 22.6 Å². The number of benzene rings is 1. The molecule has 0 aliphatic rings. The molecule has 0 bridgehead atoms. The molecule has 20 heavy (non-hydrogen) atoms. The smallest absolute Gasteiger partial charge is 0.180 e. The van der Waals surface area contributed by atoms with Gasteiger partial charge < -0.3 is 10.3 Å². The molecule has 0 unspecified atom stereocenters. The lowest BCUT2D eigenvalue weighted by molar-refractivity contribution is 0.436. The molecule has 2 N–H and O–H groups in total. The van der Waals surface area contributed by atoms with Crippen molar-refractivity contribution in [1.29, 1.82) is 0 Å². The molecule has 0 fully saturated rings. The van der Waals surface area contributed by atoms with E-state index in [0.717, 1.165) is 0 Å². The van der Waals surface area contributed by atoms with Gasteiger partial charge in [-0.25, -0.2) is 0 Å². The van der Waals surface area contributed by atoms with E-state index in [9.17, 15) is 0 Å². The summed E-state index contributed by atoms with van der Waals surface area (Å²) in [6, 6.07) is 10.6. The van der Waals surface area contributed by atoms with Crippen LogP contribution in [0, 0.1) is 0 Å². The summed E-state index contributed by atoms with van der Waals surface area (Å²) in [5, 5.41) is 4.81. The summed E-state index contributed by atoms with van der Waals surface area (Å²) in [5.41, 5.74) is 7.84. The quantitative estimate of drug-likeness (QED) is 0.767. The normalized spacial score (nSPS) is 10.7. The van der Waals surface area contributed by atoms with Gasteiger partial charge in [-0.05, 0) is 30.3 Å². The van der Waals surface area contributed by atoms with Crippen LogP contribution in [0.4, 0.5) is 5.82 Å². The fourth-order valence-electron chi connectivity index (χ4n) is 1.92. The maximum atomic E-state index is 6.20. The highest BCUT2D eigenvalue weighted by atomic mass is 35.5. The maximum Gasteiger partial charge on any atom is 0.180 e. The van der Waals surface area contributed by atoms with Crippen LogP contribution in [0.5, 0.6) is 0 Å². The molecular formula is C14H9Cl2N3O. The summed E-state index contributed by atoms with van der Waals surface area (Å²) in [4.78, 5) is 4.27. The fourth-order valence-corrected chi connectivity index (χ4v) is 2.41. The molecular weight excluding hydrogens is 297 g/mol. The van der Waals surface area contributed by atoms with Crippen LogP contribution in [0.1, 0.15) is 0 Å². The third-order valence-corrected chi connectivity index (χ3v) is 3.36. The number of nitrogens with zero attached hydrogens (tertiary/aromatic N) is 2. The molecule has 2 aromatic heterocycles. The monoisotopic (exact) mass is 305 g/mol. The molecule has 0 radical (unpaired) electrons. The highest BCUT2D eigenvalue weighted by Crippen LogP contribution is 2.39. The second-order valence-corrected chi connectivity index (χ2v) is 4.95. The maximum absolute atomic E-state index is 6.20. The summed E-state index contributed by atoms with van der Waals surface area (Å²) >= 11 is 12.1. The second-order valence-electron chi connectivity index (χ2n) is 4.11. The van der Waals surface area contributed by atoms with Crippen molar-refractivity contribution in [2.45, 2.75) is 0 Å². The Balaban J connectivity index is 2.21. The molecule has 0 saturated heterocycles. The van der Waals surface area contributed by atoms with Crippen LogP contribution in [0.3, 0.4) is 0 Å². The van der Waals surface area contributed by atoms with E-state index < -0.39 is 0 Å². The number of nitrogens with two attached hydrogens (primary N) is 1. The van der Waals surface area contributed by atoms with Gasteiger partial charge in [0.05, 0.1) is 16.3 Å². The van der Waals surface area contributed by atoms with Crippen molar-refractivity contribution >= 4 is 29.0 Å². The number of hydrogen-bond acceptors (Lipinski definition) is 4. The van der Waals surface area contributed by atoms with E-state index in [1.165, 1.54) is 0 Å². The number of nitrogen functional groups attached to an aromatic ring is 1. The summed E-state index contributed by atoms with van der Waals surface area (Å²) in [6.45, 7) is 0. The van der Waals surface area contributed by atoms with Gasteiger partial charge in [0.2, 0.25) is 0 Å². The number of rotatable bonds is 2. The molecule has 0 aliphatic carbocycles. The van der Waals surface area contributed by atoms with Crippen molar-refractivity contribution in [1.82, 2.24) is 10.1 Å². The molecule has 6 heteroatoms. The number of halogens is 2. The van der Waals surface area contributed by atoms with Crippen molar-refractivity contribution in [2.75, 3.05) is 5.73 Å². The Morgan fingerprint density at radius 3 is 2.65 bits per heavy atom. The van der Waals surface area contributed by atoms with E-state index in [-0.39, 0.29) is 5.82 Å². The van der Waals surface area contributed by atoms with Crippen LogP contribution in [-0.4, -0.2) is 10.1 Å². The lowest BCUT2D eigenvalue weighted by atomic mass is 10.1. The lowest BCUT2D eigenvalue weighted by Crippen LogP contribution is -1.91. The van der Waals surface area contributed by atoms with Gasteiger partial charge in [0.1, 0.15) is 0 Å². The molecule has 0 saturated carbocycles. The topological polar surface area (TPSA) is 64.9 Å². The molecule has 0 amide bonds. The molecule has 3 rings (SSSR count). The first kappa shape index (κ1) is 13.0. The zero-order valence-electron chi connectivity index (χ0n) is 10.2. The Bertz CT molecular complexity index is 756. The summed E-state index contributed by atoms with van der Waals surface area (Å²) in [6.07, 6.45) is 1.68. The zero-order chi connectivity index (χ0) is 14.1. The van der Waals surface area contributed by atoms with E-state index >= 15 is 0 Å². The van der Waals surface area contributed by atoms with E-state index in [1.54, 1.807) is 24.4 Å². The minimum atomic E-state index is 0.268. The molecule has 0 aliphatic heterocycles. The van der Waals surface area contributed by atoms with Crippen molar-refractivity contribution in [3.63, 3.8) is 0 Å². The van der Waals surface area contributed by atoms with Crippen molar-refractivity contribution in [2.24, 2.45) is 0 Å². The van der Waals surface area contributed by atoms with Crippen molar-refractivity contribution < 1.29 is 4.52 Å². The van der Waals surface area contributed by atoms with Crippen LogP contribution in [0.25, 0.3) is 22.6 Å². The number of aromatic nitrogens is 2. The van der Waals surface area contributed by atoms with Crippen LogP contribution in [0.2, 0.25) is 10.0 Å². The van der Waals surface area contributed by atoms with E-state index in [2.05, 4.69) is 10.1 Å². The van der Waals surface area contributed by atoms with Gasteiger partial charge in [-0.3, -0.25) is 4.98 Å². The molecule has 4 nitrogen and oxygen atoms in total. The van der Waals surface area contributed by atoms with E-state index in [4.69, 9.17) is 33.5 Å². The molecule has 0 spiro atoms. The van der Waals surface area contributed by atoms with Crippen LogP contribution >= 0.6 is 23.2 Å². The van der Waals surface area contributed by atoms with E-state index in [0.29, 0.717) is 32.6 Å². The van der Waals surface area contributed by atoms with Gasteiger partial charge in [-0.1, -0.05) is 34.4 Å². The molecule has 1 aromatic carbocycles. The van der Waals surface area contributed by atoms with Gasteiger partial charge >= 0.3 is 0 Å². The standard InChI is InChI=1S/C14H9Cl2N3O/c15-8-4-5-9(10(16)7-8)13-12(14(17)19-20-13)11-3-1-2-6-18-11/h1-7H,(H2,17,19). The van der Waals surface area contributed by atoms with Gasteiger partial charge in [-0.15, -0.1) is 0 Å². The minimum absolute atomic E-state index is 0.268. The molecule has 100 valence electrons. The first-order valence-corrected chi connectivity index (χ1v) is 6.54. The molecule has 2 heterocycles. The first-order valence-electron chi connectivity index (χ1n) is 5.79. The SMILES string of the molecule is Nc1noc(-c2ccc(Cl)cc2Cl)c1-c1ccccn1. The Hall–Kier alpha value is -2.04. The van der Waals surface area contributed by atoms with Crippen LogP contribution in [0.15, 0.2) is 47.1 Å². The van der Waals surface area contributed by atoms with Crippen LogP contribution in [-0.2, 0) is 0 Å². The average Bonchev–Trinajstić information content (AvgIpc) is 2.81. The van der Waals surface area contributed by atoms with Gasteiger partial charge in [0.15, 0.2) is 11.6 Å². The Morgan fingerprint density at radius 2 is 1.95 bits per heavy atom. The van der Waals surface area contributed by atoms with E-state index in [1.807, 2.05) is 18.2 Å². The summed E-state index contributed by atoms with van der Waals surface area (Å²) in [5.74, 6) is 0.743. The third kappa shape index (κ3) is 2.24. The minimum Gasteiger partial charge on any atom is -0.380 e. The first-order chi connectivity index (χ1) is 9.66. The lowest BCUT2D eigenvalue weighted by Gasteiger charge is -2.04. The van der Waals surface area contributed by atoms with Gasteiger partial charge in [0.25, 0.3) is 0 Å². The number of hydrogen-bond donors (Lipinski definition) is 1. The number of anilines is 1. The zero-order valence-corrected chi connectivity index (χ0v) is 11.7. The van der Waals surface area contributed by atoms with Gasteiger partial charge in [-0.2, -0.15) is 0 Å². The predicted octanol–water partition coefficient (Wildman–Crippen LogP) is 4.29. The average molecular weight is 306 g/mol. The Labute approximate surface area is 125 Å². The largest absolute Gasteiger partial charge is 0.380 e. The summed E-state index contributed by atoms with van der Waals surface area (Å²) in [7, 11) is 0. The van der Waals surface area contributed by atoms with Crippen LogP contribution < -0.4 is 5.73 Å². The number of pyridine rings is 1. The molecule has 0 atom stereocenters. The Kier molecular flexibility index (Phi) is 3.34. The second kappa shape index (κ2) is 5.15. The summed E-state index contributed by atoms with van der Waals surface area (Å²) < 4.78 is 5.31. The van der Waals surface area contributed by atoms with Gasteiger partial charge in [0, 0.05) is 16.8 Å². The Morgan fingerprint density at radius 1 is 1.10 bits per heavy atom. The fraction of sp³-hybridized carbons (Fsp3) is 0. The highest BCUT2D eigenvalue weighted by molar-refractivity contribution is 6.36. The molecule has 3 aromatic rings.